The van der Waals surface area contributed by atoms with E-state index in [0.29, 0.717) is 5.88 Å². The molecule has 0 atom stereocenters. The summed E-state index contributed by atoms with van der Waals surface area (Å²) in [4.78, 5) is 6.29. The van der Waals surface area contributed by atoms with E-state index in [-0.39, 0.29) is 0 Å². The molecule has 0 saturated carbocycles. The maximum absolute atomic E-state index is 5.87. The number of aromatic nitrogens is 2. The van der Waals surface area contributed by atoms with Gasteiger partial charge in [-0.2, -0.15) is 0 Å². The summed E-state index contributed by atoms with van der Waals surface area (Å²) in [6.07, 6.45) is 3.45. The second-order valence-electron chi connectivity index (χ2n) is 3.92. The molecule has 0 fully saturated rings. The van der Waals surface area contributed by atoms with Gasteiger partial charge in [-0.1, -0.05) is 5.16 Å². The Morgan fingerprint density at radius 3 is 2.61 bits per heavy atom. The van der Waals surface area contributed by atoms with E-state index < -0.39 is 0 Å². The summed E-state index contributed by atoms with van der Waals surface area (Å²) in [6, 6.07) is 7.88. The van der Waals surface area contributed by atoms with Crippen molar-refractivity contribution in [2.24, 2.45) is 0 Å². The van der Waals surface area contributed by atoms with Gasteiger partial charge in [0.2, 0.25) is 5.88 Å². The first-order valence-corrected chi connectivity index (χ1v) is 6.29. The molecule has 0 bridgehead atoms. The summed E-state index contributed by atoms with van der Waals surface area (Å²) < 4.78 is 5.13. The first-order chi connectivity index (χ1) is 8.75. The highest BCUT2D eigenvalue weighted by Crippen LogP contribution is 2.38. The molecule has 0 aromatic carbocycles. The second kappa shape index (κ2) is 4.27. The number of nitrogen functional groups attached to an aromatic ring is 1. The fraction of sp³-hybridized carbons (Fsp3) is 0.0769. The van der Waals surface area contributed by atoms with Crippen LogP contribution < -0.4 is 5.73 Å². The number of thiophene rings is 1. The minimum atomic E-state index is 0.335. The standard InChI is InChI=1S/C13H11N3OS/c1-8-2-3-10(18-8)12-11(13(14)17-16-12)9-4-6-15-7-5-9/h2-7H,14H2,1H3. The van der Waals surface area contributed by atoms with Crippen molar-refractivity contribution in [2.75, 3.05) is 5.73 Å². The minimum absolute atomic E-state index is 0.335. The summed E-state index contributed by atoms with van der Waals surface area (Å²) in [5.41, 5.74) is 8.46. The van der Waals surface area contributed by atoms with Crippen molar-refractivity contribution >= 4 is 17.2 Å². The van der Waals surface area contributed by atoms with Crippen LogP contribution in [0.5, 0.6) is 0 Å². The van der Waals surface area contributed by atoms with Crippen LogP contribution in [0.15, 0.2) is 41.2 Å². The van der Waals surface area contributed by atoms with Crippen LogP contribution >= 0.6 is 11.3 Å². The highest BCUT2D eigenvalue weighted by atomic mass is 32.1. The number of anilines is 1. The maximum atomic E-state index is 5.87. The van der Waals surface area contributed by atoms with Gasteiger partial charge in [0.25, 0.3) is 0 Å². The molecule has 0 saturated heterocycles. The van der Waals surface area contributed by atoms with Crippen LogP contribution in [0.3, 0.4) is 0 Å². The zero-order valence-electron chi connectivity index (χ0n) is 9.75. The number of nitrogens with zero attached hydrogens (tertiary/aromatic N) is 2. The molecule has 3 rings (SSSR count). The van der Waals surface area contributed by atoms with Gasteiger partial charge in [-0.15, -0.1) is 11.3 Å². The van der Waals surface area contributed by atoms with Gasteiger partial charge < -0.3 is 10.3 Å². The summed E-state index contributed by atoms with van der Waals surface area (Å²) in [7, 11) is 0. The van der Waals surface area contributed by atoms with Crippen LogP contribution in [0, 0.1) is 6.92 Å². The van der Waals surface area contributed by atoms with Crippen molar-refractivity contribution in [1.82, 2.24) is 10.1 Å². The minimum Gasteiger partial charge on any atom is -0.367 e. The molecule has 0 radical (unpaired) electrons. The molecule has 5 heteroatoms. The Hall–Kier alpha value is -2.14. The number of aryl methyl sites for hydroxylation is 1. The van der Waals surface area contributed by atoms with E-state index in [1.54, 1.807) is 23.7 Å². The molecule has 0 aliphatic carbocycles. The van der Waals surface area contributed by atoms with Crippen molar-refractivity contribution in [3.05, 3.63) is 41.5 Å². The first-order valence-electron chi connectivity index (χ1n) is 5.48. The molecular weight excluding hydrogens is 246 g/mol. The average molecular weight is 257 g/mol. The molecule has 3 aromatic heterocycles. The van der Waals surface area contributed by atoms with Crippen LogP contribution in [-0.2, 0) is 0 Å². The van der Waals surface area contributed by atoms with Gasteiger partial charge >= 0.3 is 0 Å². The molecule has 0 unspecified atom stereocenters. The molecule has 3 aromatic rings. The molecule has 0 aliphatic rings. The SMILES string of the molecule is Cc1ccc(-c2noc(N)c2-c2ccncc2)s1. The quantitative estimate of drug-likeness (QED) is 0.764. The molecule has 18 heavy (non-hydrogen) atoms. The van der Waals surface area contributed by atoms with Crippen molar-refractivity contribution in [1.29, 1.82) is 0 Å². The van der Waals surface area contributed by atoms with Crippen molar-refractivity contribution in [3.63, 3.8) is 0 Å². The van der Waals surface area contributed by atoms with E-state index in [4.69, 9.17) is 10.3 Å². The number of hydrogen-bond acceptors (Lipinski definition) is 5. The predicted molar refractivity (Wildman–Crippen MR) is 72.2 cm³/mol. The van der Waals surface area contributed by atoms with E-state index in [0.717, 1.165) is 21.7 Å². The van der Waals surface area contributed by atoms with Gasteiger partial charge in [-0.25, -0.2) is 0 Å². The van der Waals surface area contributed by atoms with Crippen LogP contribution in [0.1, 0.15) is 4.88 Å². The Balaban J connectivity index is 2.18. The largest absolute Gasteiger partial charge is 0.367 e. The first kappa shape index (κ1) is 11.0. The number of nitrogens with two attached hydrogens (primary N) is 1. The monoisotopic (exact) mass is 257 g/mol. The summed E-state index contributed by atoms with van der Waals surface area (Å²) >= 11 is 1.67. The van der Waals surface area contributed by atoms with E-state index in [9.17, 15) is 0 Å². The molecule has 3 heterocycles. The van der Waals surface area contributed by atoms with Gasteiger partial charge in [-0.05, 0) is 36.8 Å². The second-order valence-corrected chi connectivity index (χ2v) is 5.20. The Labute approximate surface area is 108 Å². The van der Waals surface area contributed by atoms with E-state index >= 15 is 0 Å². The highest BCUT2D eigenvalue weighted by Gasteiger charge is 2.18. The molecular formula is C13H11N3OS. The Morgan fingerprint density at radius 2 is 1.94 bits per heavy atom. The summed E-state index contributed by atoms with van der Waals surface area (Å²) in [5.74, 6) is 0.335. The topological polar surface area (TPSA) is 64.9 Å². The van der Waals surface area contributed by atoms with Crippen molar-refractivity contribution in [2.45, 2.75) is 6.92 Å². The Bertz CT molecular complexity index is 673. The lowest BCUT2D eigenvalue weighted by molar-refractivity contribution is 0.439. The van der Waals surface area contributed by atoms with Gasteiger partial charge in [0.1, 0.15) is 5.69 Å². The number of pyridine rings is 1. The Kier molecular flexibility index (Phi) is 2.60. The maximum Gasteiger partial charge on any atom is 0.230 e. The normalized spacial score (nSPS) is 10.7. The molecule has 2 N–H and O–H groups in total. The Morgan fingerprint density at radius 1 is 1.17 bits per heavy atom. The van der Waals surface area contributed by atoms with E-state index in [1.807, 2.05) is 18.2 Å². The molecule has 0 spiro atoms. The fourth-order valence-electron chi connectivity index (χ4n) is 1.83. The smallest absolute Gasteiger partial charge is 0.230 e. The van der Waals surface area contributed by atoms with E-state index in [2.05, 4.69) is 23.1 Å². The van der Waals surface area contributed by atoms with Crippen LogP contribution in [0.4, 0.5) is 5.88 Å². The van der Waals surface area contributed by atoms with Crippen LogP contribution in [0.2, 0.25) is 0 Å². The third kappa shape index (κ3) is 1.78. The van der Waals surface area contributed by atoms with Crippen molar-refractivity contribution < 1.29 is 4.52 Å². The third-order valence-corrected chi connectivity index (χ3v) is 3.67. The molecule has 0 amide bonds. The molecule has 4 nitrogen and oxygen atoms in total. The zero-order chi connectivity index (χ0) is 12.5. The lowest BCUT2D eigenvalue weighted by atomic mass is 10.1. The summed E-state index contributed by atoms with van der Waals surface area (Å²) in [5, 5.41) is 4.07. The summed E-state index contributed by atoms with van der Waals surface area (Å²) in [6.45, 7) is 2.06. The lowest BCUT2D eigenvalue weighted by Crippen LogP contribution is -1.86. The zero-order valence-corrected chi connectivity index (χ0v) is 10.6. The highest BCUT2D eigenvalue weighted by molar-refractivity contribution is 7.15. The van der Waals surface area contributed by atoms with Crippen LogP contribution in [-0.4, -0.2) is 10.1 Å². The fourth-order valence-corrected chi connectivity index (χ4v) is 2.69. The van der Waals surface area contributed by atoms with Gasteiger partial charge in [0.05, 0.1) is 10.4 Å². The van der Waals surface area contributed by atoms with Crippen molar-refractivity contribution in [3.8, 4) is 21.7 Å². The van der Waals surface area contributed by atoms with Crippen LogP contribution in [0.25, 0.3) is 21.7 Å². The third-order valence-electron chi connectivity index (χ3n) is 2.66. The predicted octanol–water partition coefficient (Wildman–Crippen LogP) is 3.36. The number of rotatable bonds is 2. The van der Waals surface area contributed by atoms with Gasteiger partial charge in [0, 0.05) is 17.3 Å². The molecule has 0 aliphatic heterocycles. The molecule has 90 valence electrons. The lowest BCUT2D eigenvalue weighted by Gasteiger charge is -1.99. The average Bonchev–Trinajstić information content (AvgIpc) is 2.96. The van der Waals surface area contributed by atoms with Gasteiger partial charge in [0.15, 0.2) is 0 Å². The number of hydrogen-bond donors (Lipinski definition) is 1. The van der Waals surface area contributed by atoms with E-state index in [1.165, 1.54) is 4.88 Å². The van der Waals surface area contributed by atoms with Gasteiger partial charge in [-0.3, -0.25) is 4.98 Å².